The molecular formula is C13H18N2O. The SMILES string of the molecule is CC(C)=Cc1ccc(N2CCOCC2)nc1. The highest BCUT2D eigenvalue weighted by Crippen LogP contribution is 2.14. The Morgan fingerprint density at radius 3 is 2.62 bits per heavy atom. The van der Waals surface area contributed by atoms with Crippen LogP contribution in [0, 0.1) is 0 Å². The van der Waals surface area contributed by atoms with Crippen LogP contribution in [0.4, 0.5) is 5.82 Å². The topological polar surface area (TPSA) is 25.4 Å². The van der Waals surface area contributed by atoms with E-state index in [1.54, 1.807) is 0 Å². The number of rotatable bonds is 2. The van der Waals surface area contributed by atoms with Crippen LogP contribution in [0.3, 0.4) is 0 Å². The van der Waals surface area contributed by atoms with Gasteiger partial charge in [0.2, 0.25) is 0 Å². The van der Waals surface area contributed by atoms with Gasteiger partial charge in [-0.15, -0.1) is 0 Å². The highest BCUT2D eigenvalue weighted by atomic mass is 16.5. The van der Waals surface area contributed by atoms with Crippen LogP contribution in [-0.4, -0.2) is 31.3 Å². The molecule has 3 heteroatoms. The molecule has 1 aliphatic rings. The fraction of sp³-hybridized carbons (Fsp3) is 0.462. The minimum Gasteiger partial charge on any atom is -0.378 e. The van der Waals surface area contributed by atoms with Crippen LogP contribution >= 0.6 is 0 Å². The van der Waals surface area contributed by atoms with Crippen molar-refractivity contribution in [1.82, 2.24) is 4.98 Å². The van der Waals surface area contributed by atoms with Gasteiger partial charge in [0.15, 0.2) is 0 Å². The summed E-state index contributed by atoms with van der Waals surface area (Å²) in [6.07, 6.45) is 4.06. The van der Waals surface area contributed by atoms with Crippen molar-refractivity contribution in [3.63, 3.8) is 0 Å². The van der Waals surface area contributed by atoms with Gasteiger partial charge in [-0.1, -0.05) is 11.6 Å². The average molecular weight is 218 g/mol. The van der Waals surface area contributed by atoms with Crippen molar-refractivity contribution in [2.45, 2.75) is 13.8 Å². The van der Waals surface area contributed by atoms with E-state index in [1.165, 1.54) is 5.57 Å². The Hall–Kier alpha value is -1.35. The van der Waals surface area contributed by atoms with Crippen molar-refractivity contribution in [3.05, 3.63) is 29.5 Å². The molecule has 1 aromatic heterocycles. The summed E-state index contributed by atoms with van der Waals surface area (Å²) >= 11 is 0. The summed E-state index contributed by atoms with van der Waals surface area (Å²) in [6.45, 7) is 7.67. The minimum atomic E-state index is 0.803. The molecule has 0 unspecified atom stereocenters. The van der Waals surface area contributed by atoms with E-state index in [0.717, 1.165) is 37.7 Å². The first-order valence-electron chi connectivity index (χ1n) is 5.69. The number of aromatic nitrogens is 1. The molecule has 16 heavy (non-hydrogen) atoms. The molecule has 0 atom stereocenters. The Morgan fingerprint density at radius 2 is 2.06 bits per heavy atom. The fourth-order valence-electron chi connectivity index (χ4n) is 1.80. The Bertz CT molecular complexity index is 360. The van der Waals surface area contributed by atoms with Crippen LogP contribution in [0.1, 0.15) is 19.4 Å². The second-order valence-electron chi connectivity index (χ2n) is 4.27. The summed E-state index contributed by atoms with van der Waals surface area (Å²) in [6, 6.07) is 4.20. The van der Waals surface area contributed by atoms with Crippen LogP contribution in [-0.2, 0) is 4.74 Å². The van der Waals surface area contributed by atoms with Crippen molar-refractivity contribution in [2.75, 3.05) is 31.2 Å². The number of pyridine rings is 1. The first-order valence-corrected chi connectivity index (χ1v) is 5.69. The average Bonchev–Trinajstić information content (AvgIpc) is 2.30. The number of hydrogen-bond donors (Lipinski definition) is 0. The van der Waals surface area contributed by atoms with Crippen LogP contribution in [0.15, 0.2) is 23.9 Å². The van der Waals surface area contributed by atoms with E-state index in [2.05, 4.69) is 41.9 Å². The first kappa shape index (κ1) is 11.1. The molecule has 1 aliphatic heterocycles. The second-order valence-corrected chi connectivity index (χ2v) is 4.27. The molecule has 0 bridgehead atoms. The molecule has 2 rings (SSSR count). The summed E-state index contributed by atoms with van der Waals surface area (Å²) in [7, 11) is 0. The second kappa shape index (κ2) is 5.12. The molecule has 0 aromatic carbocycles. The molecule has 0 radical (unpaired) electrons. The lowest BCUT2D eigenvalue weighted by Gasteiger charge is -2.27. The standard InChI is InChI=1S/C13H18N2O/c1-11(2)9-12-3-4-13(14-10-12)15-5-7-16-8-6-15/h3-4,9-10H,5-8H2,1-2H3. The molecule has 1 fully saturated rings. The summed E-state index contributed by atoms with van der Waals surface area (Å²) < 4.78 is 5.32. The molecular weight excluding hydrogens is 200 g/mol. The van der Waals surface area contributed by atoms with E-state index >= 15 is 0 Å². The molecule has 1 aromatic rings. The van der Waals surface area contributed by atoms with Gasteiger partial charge in [-0.25, -0.2) is 4.98 Å². The lowest BCUT2D eigenvalue weighted by atomic mass is 10.2. The summed E-state index contributed by atoms with van der Waals surface area (Å²) in [5.41, 5.74) is 2.46. The maximum absolute atomic E-state index is 5.32. The van der Waals surface area contributed by atoms with Gasteiger partial charge in [-0.2, -0.15) is 0 Å². The first-order chi connectivity index (χ1) is 7.75. The number of ether oxygens (including phenoxy) is 1. The quantitative estimate of drug-likeness (QED) is 0.762. The summed E-state index contributed by atoms with van der Waals surface area (Å²) in [5, 5.41) is 0. The van der Waals surface area contributed by atoms with Gasteiger partial charge in [0.1, 0.15) is 5.82 Å². The van der Waals surface area contributed by atoms with Crippen LogP contribution in [0.25, 0.3) is 6.08 Å². The van der Waals surface area contributed by atoms with Gasteiger partial charge in [0.05, 0.1) is 13.2 Å². The number of allylic oxidation sites excluding steroid dienone is 1. The third-order valence-electron chi connectivity index (χ3n) is 2.56. The Balaban J connectivity index is 2.09. The van der Waals surface area contributed by atoms with E-state index in [4.69, 9.17) is 4.74 Å². The maximum atomic E-state index is 5.32. The molecule has 0 N–H and O–H groups in total. The summed E-state index contributed by atoms with van der Waals surface area (Å²) in [4.78, 5) is 6.74. The molecule has 0 spiro atoms. The van der Waals surface area contributed by atoms with Crippen molar-refractivity contribution in [2.24, 2.45) is 0 Å². The number of hydrogen-bond acceptors (Lipinski definition) is 3. The van der Waals surface area contributed by atoms with E-state index < -0.39 is 0 Å². The fourth-order valence-corrected chi connectivity index (χ4v) is 1.80. The Labute approximate surface area is 96.7 Å². The van der Waals surface area contributed by atoms with Gasteiger partial charge >= 0.3 is 0 Å². The predicted molar refractivity (Wildman–Crippen MR) is 66.6 cm³/mol. The third-order valence-corrected chi connectivity index (χ3v) is 2.56. The lowest BCUT2D eigenvalue weighted by molar-refractivity contribution is 0.122. The van der Waals surface area contributed by atoms with Gasteiger partial charge in [0.25, 0.3) is 0 Å². The Kier molecular flexibility index (Phi) is 3.57. The zero-order chi connectivity index (χ0) is 11.4. The molecule has 1 saturated heterocycles. The predicted octanol–water partition coefficient (Wildman–Crippen LogP) is 2.34. The zero-order valence-electron chi connectivity index (χ0n) is 9.94. The lowest BCUT2D eigenvalue weighted by Crippen LogP contribution is -2.36. The van der Waals surface area contributed by atoms with E-state index in [9.17, 15) is 0 Å². The molecule has 86 valence electrons. The minimum absolute atomic E-state index is 0.803. The molecule has 0 saturated carbocycles. The molecule has 3 nitrogen and oxygen atoms in total. The van der Waals surface area contributed by atoms with Gasteiger partial charge in [-0.05, 0) is 31.5 Å². The smallest absolute Gasteiger partial charge is 0.128 e. The van der Waals surface area contributed by atoms with Crippen LogP contribution < -0.4 is 4.90 Å². The van der Waals surface area contributed by atoms with Crippen molar-refractivity contribution < 1.29 is 4.74 Å². The summed E-state index contributed by atoms with van der Waals surface area (Å²) in [5.74, 6) is 1.05. The van der Waals surface area contributed by atoms with E-state index in [1.807, 2.05) is 6.20 Å². The normalized spacial score (nSPS) is 16.0. The number of morpholine rings is 1. The third kappa shape index (κ3) is 2.83. The maximum Gasteiger partial charge on any atom is 0.128 e. The van der Waals surface area contributed by atoms with Crippen molar-refractivity contribution in [1.29, 1.82) is 0 Å². The van der Waals surface area contributed by atoms with Crippen LogP contribution in [0.2, 0.25) is 0 Å². The highest BCUT2D eigenvalue weighted by Gasteiger charge is 2.11. The van der Waals surface area contributed by atoms with E-state index in [-0.39, 0.29) is 0 Å². The molecule has 0 amide bonds. The Morgan fingerprint density at radius 1 is 1.31 bits per heavy atom. The van der Waals surface area contributed by atoms with Gasteiger partial charge in [-0.3, -0.25) is 0 Å². The van der Waals surface area contributed by atoms with Gasteiger partial charge in [0, 0.05) is 19.3 Å². The number of nitrogens with zero attached hydrogens (tertiary/aromatic N) is 2. The zero-order valence-corrected chi connectivity index (χ0v) is 9.94. The van der Waals surface area contributed by atoms with Crippen molar-refractivity contribution in [3.8, 4) is 0 Å². The largest absolute Gasteiger partial charge is 0.378 e. The van der Waals surface area contributed by atoms with Crippen LogP contribution in [0.5, 0.6) is 0 Å². The van der Waals surface area contributed by atoms with E-state index in [0.29, 0.717) is 0 Å². The monoisotopic (exact) mass is 218 g/mol. The van der Waals surface area contributed by atoms with Gasteiger partial charge < -0.3 is 9.64 Å². The molecule has 2 heterocycles. The highest BCUT2D eigenvalue weighted by molar-refractivity contribution is 5.53. The molecule has 0 aliphatic carbocycles. The van der Waals surface area contributed by atoms with Crippen molar-refractivity contribution >= 4 is 11.9 Å². The number of anilines is 1.